The highest BCUT2D eigenvalue weighted by Crippen LogP contribution is 2.17. The first-order valence-electron chi connectivity index (χ1n) is 4.30. The minimum Gasteiger partial charge on any atom is -0.480 e. The predicted molar refractivity (Wildman–Crippen MR) is 54.5 cm³/mol. The summed E-state index contributed by atoms with van der Waals surface area (Å²) in [4.78, 5) is 10.8. The molecule has 1 aromatic rings. The maximum atomic E-state index is 10.8. The van der Waals surface area contributed by atoms with Crippen LogP contribution >= 0.6 is 11.3 Å². The fourth-order valence-corrected chi connectivity index (χ4v) is 1.63. The Balaban J connectivity index is 2.69. The lowest BCUT2D eigenvalue weighted by Gasteiger charge is -2.16. The van der Waals surface area contributed by atoms with Gasteiger partial charge in [0.05, 0.1) is 0 Å². The van der Waals surface area contributed by atoms with E-state index in [-0.39, 0.29) is 5.92 Å². The first-order chi connectivity index (χ1) is 6.50. The molecule has 1 rings (SSSR count). The molecule has 0 aliphatic carbocycles. The van der Waals surface area contributed by atoms with Crippen LogP contribution in [-0.4, -0.2) is 27.3 Å². The fraction of sp³-hybridized carbons (Fsp3) is 0.625. The summed E-state index contributed by atoms with van der Waals surface area (Å²) in [5.41, 5.74) is 0. The van der Waals surface area contributed by atoms with Crippen molar-refractivity contribution in [1.29, 1.82) is 0 Å². The standard InChI is InChI=1S/C8H13N3O2S/c1-4(2)6(7(12)13)9-8-11-10-5(3)14-8/h4,6H,1-3H3,(H,9,11)(H,12,13)/t6-/m1/s1. The molecule has 0 radical (unpaired) electrons. The Labute approximate surface area is 86.2 Å². The Morgan fingerprint density at radius 3 is 2.50 bits per heavy atom. The van der Waals surface area contributed by atoms with Crippen LogP contribution in [0.3, 0.4) is 0 Å². The number of hydrogen-bond acceptors (Lipinski definition) is 5. The van der Waals surface area contributed by atoms with Crippen molar-refractivity contribution >= 4 is 22.4 Å². The van der Waals surface area contributed by atoms with Gasteiger partial charge in [0.2, 0.25) is 5.13 Å². The molecule has 6 heteroatoms. The van der Waals surface area contributed by atoms with Crippen LogP contribution in [0.25, 0.3) is 0 Å². The number of carbonyl (C=O) groups is 1. The van der Waals surface area contributed by atoms with Crippen LogP contribution in [0.5, 0.6) is 0 Å². The summed E-state index contributed by atoms with van der Waals surface area (Å²) in [7, 11) is 0. The predicted octanol–water partition coefficient (Wildman–Crippen LogP) is 1.37. The first-order valence-corrected chi connectivity index (χ1v) is 5.12. The van der Waals surface area contributed by atoms with Gasteiger partial charge in [0.25, 0.3) is 0 Å². The minimum atomic E-state index is -0.868. The summed E-state index contributed by atoms with van der Waals surface area (Å²) in [6, 6.07) is -0.609. The fourth-order valence-electron chi connectivity index (χ4n) is 1.00. The number of rotatable bonds is 4. The van der Waals surface area contributed by atoms with Crippen molar-refractivity contribution in [1.82, 2.24) is 10.2 Å². The highest BCUT2D eigenvalue weighted by molar-refractivity contribution is 7.15. The van der Waals surface area contributed by atoms with Gasteiger partial charge in [-0.15, -0.1) is 10.2 Å². The summed E-state index contributed by atoms with van der Waals surface area (Å²) in [5, 5.41) is 20.7. The molecular weight excluding hydrogens is 202 g/mol. The summed E-state index contributed by atoms with van der Waals surface area (Å²) >= 11 is 1.35. The zero-order valence-corrected chi connectivity index (χ0v) is 9.13. The Hall–Kier alpha value is -1.17. The number of aryl methyl sites for hydroxylation is 1. The summed E-state index contributed by atoms with van der Waals surface area (Å²) in [6.07, 6.45) is 0. The normalized spacial score (nSPS) is 12.9. The summed E-state index contributed by atoms with van der Waals surface area (Å²) in [5.74, 6) is -0.857. The van der Waals surface area contributed by atoms with Crippen LogP contribution in [0, 0.1) is 12.8 Å². The van der Waals surface area contributed by atoms with Crippen LogP contribution in [0.1, 0.15) is 18.9 Å². The topological polar surface area (TPSA) is 75.1 Å². The molecular formula is C8H13N3O2S. The van der Waals surface area contributed by atoms with Crippen molar-refractivity contribution in [2.75, 3.05) is 5.32 Å². The van der Waals surface area contributed by atoms with Crippen molar-refractivity contribution in [2.24, 2.45) is 5.92 Å². The lowest BCUT2D eigenvalue weighted by Crippen LogP contribution is -2.34. The molecule has 0 unspecified atom stereocenters. The molecule has 0 saturated carbocycles. The Kier molecular flexibility index (Phi) is 3.40. The monoisotopic (exact) mass is 215 g/mol. The van der Waals surface area contributed by atoms with Crippen LogP contribution in [0.4, 0.5) is 5.13 Å². The number of aromatic nitrogens is 2. The molecule has 0 aromatic carbocycles. The third-order valence-electron chi connectivity index (χ3n) is 1.74. The average Bonchev–Trinajstić information content (AvgIpc) is 2.46. The number of nitrogens with one attached hydrogen (secondary N) is 1. The second kappa shape index (κ2) is 4.36. The molecule has 0 bridgehead atoms. The van der Waals surface area contributed by atoms with Crippen molar-refractivity contribution in [3.8, 4) is 0 Å². The second-order valence-electron chi connectivity index (χ2n) is 3.33. The molecule has 0 saturated heterocycles. The number of carboxylic acids is 1. The number of hydrogen-bond donors (Lipinski definition) is 2. The molecule has 0 amide bonds. The highest BCUT2D eigenvalue weighted by Gasteiger charge is 2.22. The number of nitrogens with zero attached hydrogens (tertiary/aromatic N) is 2. The highest BCUT2D eigenvalue weighted by atomic mass is 32.1. The van der Waals surface area contributed by atoms with E-state index in [9.17, 15) is 4.79 Å². The molecule has 1 heterocycles. The molecule has 1 aromatic heterocycles. The summed E-state index contributed by atoms with van der Waals surface area (Å²) < 4.78 is 0. The maximum Gasteiger partial charge on any atom is 0.326 e. The van der Waals surface area contributed by atoms with Crippen LogP contribution in [0.2, 0.25) is 0 Å². The molecule has 5 nitrogen and oxygen atoms in total. The van der Waals surface area contributed by atoms with Crippen LogP contribution in [0.15, 0.2) is 0 Å². The number of aliphatic carboxylic acids is 1. The van der Waals surface area contributed by atoms with Gasteiger partial charge in [-0.1, -0.05) is 25.2 Å². The maximum absolute atomic E-state index is 10.8. The van der Waals surface area contributed by atoms with E-state index in [4.69, 9.17) is 5.11 Å². The largest absolute Gasteiger partial charge is 0.480 e. The van der Waals surface area contributed by atoms with Gasteiger partial charge in [-0.05, 0) is 12.8 Å². The van der Waals surface area contributed by atoms with Gasteiger partial charge in [-0.3, -0.25) is 0 Å². The Morgan fingerprint density at radius 2 is 2.14 bits per heavy atom. The van der Waals surface area contributed by atoms with Crippen molar-refractivity contribution < 1.29 is 9.90 Å². The Bertz CT molecular complexity index is 324. The second-order valence-corrected chi connectivity index (χ2v) is 4.51. The van der Waals surface area contributed by atoms with Crippen molar-refractivity contribution in [3.63, 3.8) is 0 Å². The molecule has 2 N–H and O–H groups in total. The van der Waals surface area contributed by atoms with E-state index in [0.29, 0.717) is 5.13 Å². The van der Waals surface area contributed by atoms with E-state index in [1.807, 2.05) is 20.8 Å². The number of anilines is 1. The minimum absolute atomic E-state index is 0.0108. The van der Waals surface area contributed by atoms with E-state index in [1.165, 1.54) is 11.3 Å². The van der Waals surface area contributed by atoms with E-state index >= 15 is 0 Å². The van der Waals surface area contributed by atoms with Gasteiger partial charge in [-0.2, -0.15) is 0 Å². The zero-order valence-electron chi connectivity index (χ0n) is 8.31. The van der Waals surface area contributed by atoms with Gasteiger partial charge in [0, 0.05) is 0 Å². The smallest absolute Gasteiger partial charge is 0.326 e. The lowest BCUT2D eigenvalue weighted by atomic mass is 10.1. The number of carboxylic acid groups (broad SMARTS) is 1. The van der Waals surface area contributed by atoms with Crippen molar-refractivity contribution in [2.45, 2.75) is 26.8 Å². The van der Waals surface area contributed by atoms with Gasteiger partial charge in [-0.25, -0.2) is 4.79 Å². The van der Waals surface area contributed by atoms with Gasteiger partial charge in [0.1, 0.15) is 11.0 Å². The van der Waals surface area contributed by atoms with Gasteiger partial charge < -0.3 is 10.4 Å². The third kappa shape index (κ3) is 2.66. The van der Waals surface area contributed by atoms with E-state index in [0.717, 1.165) is 5.01 Å². The third-order valence-corrected chi connectivity index (χ3v) is 2.51. The van der Waals surface area contributed by atoms with Gasteiger partial charge in [0.15, 0.2) is 0 Å². The van der Waals surface area contributed by atoms with Crippen LogP contribution in [-0.2, 0) is 4.79 Å². The van der Waals surface area contributed by atoms with E-state index < -0.39 is 12.0 Å². The molecule has 78 valence electrons. The first kappa shape index (κ1) is 10.9. The average molecular weight is 215 g/mol. The van der Waals surface area contributed by atoms with Crippen LogP contribution < -0.4 is 5.32 Å². The quantitative estimate of drug-likeness (QED) is 0.793. The zero-order chi connectivity index (χ0) is 10.7. The molecule has 0 fully saturated rings. The molecule has 14 heavy (non-hydrogen) atoms. The SMILES string of the molecule is Cc1nnc(N[C@@H](C(=O)O)C(C)C)s1. The summed E-state index contributed by atoms with van der Waals surface area (Å²) in [6.45, 7) is 5.52. The lowest BCUT2D eigenvalue weighted by molar-refractivity contribution is -0.138. The molecule has 0 aliphatic rings. The van der Waals surface area contributed by atoms with E-state index in [1.54, 1.807) is 0 Å². The van der Waals surface area contributed by atoms with Crippen molar-refractivity contribution in [3.05, 3.63) is 5.01 Å². The van der Waals surface area contributed by atoms with E-state index in [2.05, 4.69) is 15.5 Å². The Morgan fingerprint density at radius 1 is 1.50 bits per heavy atom. The van der Waals surface area contributed by atoms with Gasteiger partial charge >= 0.3 is 5.97 Å². The molecule has 0 aliphatic heterocycles. The molecule has 1 atom stereocenters. The molecule has 0 spiro atoms.